The molecular weight excluding hydrogens is 302 g/mol. The van der Waals surface area contributed by atoms with Crippen LogP contribution in [0.4, 0.5) is 11.4 Å². The van der Waals surface area contributed by atoms with Gasteiger partial charge in [0.05, 0.1) is 7.11 Å². The van der Waals surface area contributed by atoms with Crippen molar-refractivity contribution >= 4 is 17.3 Å². The topological polar surface area (TPSA) is 53.6 Å². The van der Waals surface area contributed by atoms with Crippen molar-refractivity contribution in [2.24, 2.45) is 0 Å². The molecule has 1 amide bonds. The average Bonchev–Trinajstić information content (AvgIpc) is 2.58. The Morgan fingerprint density at radius 3 is 2.50 bits per heavy atom. The zero-order valence-electron chi connectivity index (χ0n) is 14.5. The zero-order valence-corrected chi connectivity index (χ0v) is 14.5. The van der Waals surface area contributed by atoms with Crippen molar-refractivity contribution in [2.45, 2.75) is 6.42 Å². The first-order chi connectivity index (χ1) is 11.6. The van der Waals surface area contributed by atoms with Crippen LogP contribution >= 0.6 is 0 Å². The lowest BCUT2D eigenvalue weighted by molar-refractivity contribution is 0.0952. The van der Waals surface area contributed by atoms with Crippen LogP contribution in [0.15, 0.2) is 48.5 Å². The average molecular weight is 327 g/mol. The van der Waals surface area contributed by atoms with Crippen molar-refractivity contribution < 1.29 is 9.53 Å². The largest absolute Gasteiger partial charge is 0.497 e. The Hall–Kier alpha value is -2.53. The molecule has 24 heavy (non-hydrogen) atoms. The summed E-state index contributed by atoms with van der Waals surface area (Å²) in [4.78, 5) is 14.3. The highest BCUT2D eigenvalue weighted by molar-refractivity contribution is 5.95. The second-order valence-corrected chi connectivity index (χ2v) is 5.85. The first-order valence-corrected chi connectivity index (χ1v) is 8.02. The molecular formula is C19H25N3O2. The van der Waals surface area contributed by atoms with Crippen molar-refractivity contribution in [1.82, 2.24) is 10.2 Å². The number of amides is 1. The van der Waals surface area contributed by atoms with E-state index >= 15 is 0 Å². The fourth-order valence-corrected chi connectivity index (χ4v) is 2.30. The maximum atomic E-state index is 12.2. The maximum absolute atomic E-state index is 12.2. The van der Waals surface area contributed by atoms with Gasteiger partial charge in [0.25, 0.3) is 5.91 Å². The van der Waals surface area contributed by atoms with Crippen LogP contribution in [0, 0.1) is 0 Å². The zero-order chi connectivity index (χ0) is 17.4. The summed E-state index contributed by atoms with van der Waals surface area (Å²) in [6, 6.07) is 15.1. The minimum atomic E-state index is -0.0527. The van der Waals surface area contributed by atoms with E-state index in [0.29, 0.717) is 12.1 Å². The van der Waals surface area contributed by atoms with Gasteiger partial charge >= 0.3 is 0 Å². The molecule has 0 fully saturated rings. The highest BCUT2D eigenvalue weighted by Crippen LogP contribution is 2.21. The van der Waals surface area contributed by atoms with Crippen molar-refractivity contribution in [3.05, 3.63) is 54.1 Å². The van der Waals surface area contributed by atoms with E-state index in [1.165, 1.54) is 0 Å². The molecule has 0 aliphatic heterocycles. The van der Waals surface area contributed by atoms with Crippen LogP contribution in [0.1, 0.15) is 16.8 Å². The minimum Gasteiger partial charge on any atom is -0.497 e. The van der Waals surface area contributed by atoms with E-state index in [2.05, 4.69) is 15.5 Å². The van der Waals surface area contributed by atoms with Crippen molar-refractivity contribution in [3.8, 4) is 5.75 Å². The van der Waals surface area contributed by atoms with Gasteiger partial charge in [-0.05, 0) is 57.4 Å². The van der Waals surface area contributed by atoms with Crippen LogP contribution < -0.4 is 15.4 Å². The predicted molar refractivity (Wildman–Crippen MR) is 98.2 cm³/mol. The van der Waals surface area contributed by atoms with Crippen LogP contribution in [0.3, 0.4) is 0 Å². The van der Waals surface area contributed by atoms with Crippen LogP contribution in [0.5, 0.6) is 5.75 Å². The molecule has 0 heterocycles. The summed E-state index contributed by atoms with van der Waals surface area (Å²) in [5, 5.41) is 6.24. The van der Waals surface area contributed by atoms with Crippen molar-refractivity contribution in [2.75, 3.05) is 39.6 Å². The second-order valence-electron chi connectivity index (χ2n) is 5.85. The van der Waals surface area contributed by atoms with Crippen molar-refractivity contribution in [3.63, 3.8) is 0 Å². The number of methoxy groups -OCH3 is 1. The van der Waals surface area contributed by atoms with Gasteiger partial charge in [-0.1, -0.05) is 12.1 Å². The van der Waals surface area contributed by atoms with E-state index in [-0.39, 0.29) is 5.91 Å². The third-order valence-electron chi connectivity index (χ3n) is 3.55. The number of nitrogens with one attached hydrogen (secondary N) is 2. The Morgan fingerprint density at radius 1 is 1.08 bits per heavy atom. The minimum absolute atomic E-state index is 0.0527. The molecule has 0 aromatic heterocycles. The molecule has 2 N–H and O–H groups in total. The molecule has 0 saturated heterocycles. The number of carbonyl (C=O) groups is 1. The Labute approximate surface area is 143 Å². The summed E-state index contributed by atoms with van der Waals surface area (Å²) in [5.74, 6) is 0.734. The van der Waals surface area contributed by atoms with Gasteiger partial charge in [0.15, 0.2) is 0 Å². The quantitative estimate of drug-likeness (QED) is 0.732. The molecule has 0 bridgehead atoms. The molecule has 0 saturated carbocycles. The normalized spacial score (nSPS) is 10.5. The number of benzene rings is 2. The third-order valence-corrected chi connectivity index (χ3v) is 3.55. The Morgan fingerprint density at radius 2 is 1.79 bits per heavy atom. The molecule has 2 rings (SSSR count). The molecule has 0 aliphatic carbocycles. The molecule has 5 heteroatoms. The van der Waals surface area contributed by atoms with Gasteiger partial charge in [-0.3, -0.25) is 4.79 Å². The van der Waals surface area contributed by atoms with E-state index in [1.807, 2.05) is 62.6 Å². The molecule has 0 spiro atoms. The van der Waals surface area contributed by atoms with Gasteiger partial charge in [0.1, 0.15) is 5.75 Å². The van der Waals surface area contributed by atoms with E-state index in [9.17, 15) is 4.79 Å². The van der Waals surface area contributed by atoms with Gasteiger partial charge in [-0.25, -0.2) is 0 Å². The van der Waals surface area contributed by atoms with E-state index in [0.717, 1.165) is 30.1 Å². The number of rotatable bonds is 8. The Kier molecular flexibility index (Phi) is 6.63. The van der Waals surface area contributed by atoms with Gasteiger partial charge in [0.2, 0.25) is 0 Å². The van der Waals surface area contributed by atoms with E-state index in [4.69, 9.17) is 4.74 Å². The molecule has 0 radical (unpaired) electrons. The summed E-state index contributed by atoms with van der Waals surface area (Å²) in [5.41, 5.74) is 2.43. The lowest BCUT2D eigenvalue weighted by Gasteiger charge is -2.11. The van der Waals surface area contributed by atoms with Crippen LogP contribution in [0.25, 0.3) is 0 Å². The number of anilines is 2. The molecule has 2 aromatic carbocycles. The number of hydrogen-bond acceptors (Lipinski definition) is 4. The molecule has 0 atom stereocenters. The number of nitrogens with zero attached hydrogens (tertiary/aromatic N) is 1. The highest BCUT2D eigenvalue weighted by Gasteiger charge is 2.06. The highest BCUT2D eigenvalue weighted by atomic mass is 16.5. The fraction of sp³-hybridized carbons (Fsp3) is 0.316. The van der Waals surface area contributed by atoms with Gasteiger partial charge < -0.3 is 20.3 Å². The Balaban J connectivity index is 1.96. The second kappa shape index (κ2) is 8.93. The predicted octanol–water partition coefficient (Wildman–Crippen LogP) is 3.12. The number of hydrogen-bond donors (Lipinski definition) is 2. The van der Waals surface area contributed by atoms with Crippen LogP contribution in [-0.4, -0.2) is 45.1 Å². The first kappa shape index (κ1) is 17.8. The summed E-state index contributed by atoms with van der Waals surface area (Å²) >= 11 is 0. The third kappa shape index (κ3) is 5.59. The maximum Gasteiger partial charge on any atom is 0.251 e. The fourth-order valence-electron chi connectivity index (χ4n) is 2.30. The van der Waals surface area contributed by atoms with Crippen molar-refractivity contribution in [1.29, 1.82) is 0 Å². The Bertz CT molecular complexity index is 671. The lowest BCUT2D eigenvalue weighted by Crippen LogP contribution is -2.27. The monoisotopic (exact) mass is 327 g/mol. The first-order valence-electron chi connectivity index (χ1n) is 8.02. The summed E-state index contributed by atoms with van der Waals surface area (Å²) < 4.78 is 5.22. The van der Waals surface area contributed by atoms with E-state index in [1.54, 1.807) is 7.11 Å². The smallest absolute Gasteiger partial charge is 0.251 e. The molecule has 0 aliphatic rings. The lowest BCUT2D eigenvalue weighted by atomic mass is 10.1. The van der Waals surface area contributed by atoms with Crippen LogP contribution in [0.2, 0.25) is 0 Å². The summed E-state index contributed by atoms with van der Waals surface area (Å²) in [7, 11) is 5.69. The summed E-state index contributed by atoms with van der Waals surface area (Å²) in [6.45, 7) is 1.63. The summed E-state index contributed by atoms with van der Waals surface area (Å²) in [6.07, 6.45) is 0.931. The number of ether oxygens (including phenoxy) is 1. The van der Waals surface area contributed by atoms with Crippen LogP contribution in [-0.2, 0) is 0 Å². The molecule has 2 aromatic rings. The van der Waals surface area contributed by atoms with Gasteiger partial charge in [-0.2, -0.15) is 0 Å². The van der Waals surface area contributed by atoms with Gasteiger partial charge in [0, 0.05) is 29.5 Å². The molecule has 0 unspecified atom stereocenters. The van der Waals surface area contributed by atoms with Gasteiger partial charge in [-0.15, -0.1) is 0 Å². The molecule has 5 nitrogen and oxygen atoms in total. The number of carbonyl (C=O) groups excluding carboxylic acids is 1. The SMILES string of the molecule is COc1cccc(Nc2cccc(C(=O)NCCCN(C)C)c2)c1. The standard InChI is InChI=1S/C19H25N3O2/c1-22(2)12-6-11-20-19(23)15-7-4-8-16(13-15)21-17-9-5-10-18(14-17)24-3/h4-5,7-10,13-14,21H,6,11-12H2,1-3H3,(H,20,23). The molecule has 128 valence electrons. The van der Waals surface area contributed by atoms with E-state index < -0.39 is 0 Å².